The molecule has 19 heavy (non-hydrogen) atoms. The summed E-state index contributed by atoms with van der Waals surface area (Å²) < 4.78 is 41.3. The van der Waals surface area contributed by atoms with Crippen LogP contribution in [-0.4, -0.2) is 0 Å². The van der Waals surface area contributed by atoms with Crippen molar-refractivity contribution in [1.29, 1.82) is 0 Å². The van der Waals surface area contributed by atoms with Crippen molar-refractivity contribution in [2.24, 2.45) is 5.73 Å². The molecular formula is C14H11BrF3N. The third-order valence-corrected chi connectivity index (χ3v) is 3.40. The lowest BCUT2D eigenvalue weighted by Gasteiger charge is -2.15. The smallest absolute Gasteiger partial charge is 0.131 e. The van der Waals surface area contributed by atoms with Crippen LogP contribution in [0.15, 0.2) is 34.8 Å². The molecule has 0 aliphatic rings. The Hall–Kier alpha value is -1.33. The minimum atomic E-state index is -0.979. The summed E-state index contributed by atoms with van der Waals surface area (Å²) in [6.45, 7) is 1.50. The van der Waals surface area contributed by atoms with Crippen LogP contribution >= 0.6 is 15.9 Å². The molecule has 2 rings (SSSR count). The van der Waals surface area contributed by atoms with E-state index in [1.165, 1.54) is 25.1 Å². The molecule has 0 saturated heterocycles. The first kappa shape index (κ1) is 14.1. The fourth-order valence-corrected chi connectivity index (χ4v) is 2.17. The fourth-order valence-electron chi connectivity index (χ4n) is 1.84. The van der Waals surface area contributed by atoms with Crippen molar-refractivity contribution in [3.63, 3.8) is 0 Å². The van der Waals surface area contributed by atoms with Crippen molar-refractivity contribution < 1.29 is 13.2 Å². The van der Waals surface area contributed by atoms with E-state index in [1.807, 2.05) is 0 Å². The van der Waals surface area contributed by atoms with E-state index in [2.05, 4.69) is 15.9 Å². The van der Waals surface area contributed by atoms with E-state index in [1.54, 1.807) is 6.07 Å². The Balaban J connectivity index is 2.49. The summed E-state index contributed by atoms with van der Waals surface area (Å²) >= 11 is 3.13. The van der Waals surface area contributed by atoms with Gasteiger partial charge in [0.15, 0.2) is 0 Å². The molecule has 0 amide bonds. The van der Waals surface area contributed by atoms with E-state index in [9.17, 15) is 13.2 Å². The minimum absolute atomic E-state index is 0.0696. The van der Waals surface area contributed by atoms with Crippen LogP contribution in [-0.2, 0) is 0 Å². The standard InChI is InChI=1S/C14H11BrF3N/c1-7-4-10(13(18)6-11(7)16)14(19)9-3-2-8(15)5-12(9)17/h2-6,14H,19H2,1H3. The quantitative estimate of drug-likeness (QED) is 0.876. The van der Waals surface area contributed by atoms with Crippen LogP contribution in [0.3, 0.4) is 0 Å². The number of hydrogen-bond donors (Lipinski definition) is 1. The Morgan fingerprint density at radius 2 is 1.58 bits per heavy atom. The van der Waals surface area contributed by atoms with E-state index in [4.69, 9.17) is 5.73 Å². The number of benzene rings is 2. The molecule has 0 heterocycles. The second-order valence-corrected chi connectivity index (χ2v) is 5.18. The number of halogens is 4. The molecule has 0 aliphatic carbocycles. The highest BCUT2D eigenvalue weighted by Gasteiger charge is 2.19. The number of nitrogens with two attached hydrogens (primary N) is 1. The van der Waals surface area contributed by atoms with Gasteiger partial charge in [-0.1, -0.05) is 22.0 Å². The normalized spacial score (nSPS) is 12.5. The zero-order chi connectivity index (χ0) is 14.2. The Labute approximate surface area is 117 Å². The molecule has 100 valence electrons. The second kappa shape index (κ2) is 5.35. The van der Waals surface area contributed by atoms with Gasteiger partial charge in [0, 0.05) is 21.7 Å². The molecule has 0 fully saturated rings. The molecule has 0 aliphatic heterocycles. The third kappa shape index (κ3) is 2.82. The monoisotopic (exact) mass is 329 g/mol. The zero-order valence-electron chi connectivity index (χ0n) is 10.1. The van der Waals surface area contributed by atoms with Crippen LogP contribution in [0.2, 0.25) is 0 Å². The van der Waals surface area contributed by atoms with Crippen molar-refractivity contribution in [2.45, 2.75) is 13.0 Å². The lowest BCUT2D eigenvalue weighted by atomic mass is 9.97. The van der Waals surface area contributed by atoms with Gasteiger partial charge in [0.1, 0.15) is 17.5 Å². The predicted molar refractivity (Wildman–Crippen MR) is 71.2 cm³/mol. The first-order chi connectivity index (χ1) is 8.90. The van der Waals surface area contributed by atoms with Gasteiger partial charge in [-0.15, -0.1) is 0 Å². The van der Waals surface area contributed by atoms with E-state index in [0.29, 0.717) is 4.47 Å². The van der Waals surface area contributed by atoms with E-state index in [-0.39, 0.29) is 16.7 Å². The average molecular weight is 330 g/mol. The van der Waals surface area contributed by atoms with Gasteiger partial charge in [-0.25, -0.2) is 13.2 Å². The molecule has 0 spiro atoms. The van der Waals surface area contributed by atoms with E-state index >= 15 is 0 Å². The summed E-state index contributed by atoms with van der Waals surface area (Å²) in [6.07, 6.45) is 0. The van der Waals surface area contributed by atoms with Crippen molar-refractivity contribution in [2.75, 3.05) is 0 Å². The zero-order valence-corrected chi connectivity index (χ0v) is 11.6. The van der Waals surface area contributed by atoms with E-state index in [0.717, 1.165) is 6.07 Å². The highest BCUT2D eigenvalue weighted by Crippen LogP contribution is 2.27. The molecule has 1 unspecified atom stereocenters. The summed E-state index contributed by atoms with van der Waals surface area (Å²) in [5.41, 5.74) is 6.37. The Bertz CT molecular complexity index is 628. The summed E-state index contributed by atoms with van der Waals surface area (Å²) in [5.74, 6) is -1.97. The molecule has 1 nitrogen and oxygen atoms in total. The molecule has 2 aromatic rings. The van der Waals surface area contributed by atoms with Gasteiger partial charge in [0.05, 0.1) is 6.04 Å². The van der Waals surface area contributed by atoms with Gasteiger partial charge in [0.2, 0.25) is 0 Å². The molecular weight excluding hydrogens is 319 g/mol. The summed E-state index contributed by atoms with van der Waals surface area (Å²) in [7, 11) is 0. The van der Waals surface area contributed by atoms with Gasteiger partial charge >= 0.3 is 0 Å². The highest BCUT2D eigenvalue weighted by molar-refractivity contribution is 9.10. The molecule has 5 heteroatoms. The Kier molecular flexibility index (Phi) is 3.96. The topological polar surface area (TPSA) is 26.0 Å². The number of hydrogen-bond acceptors (Lipinski definition) is 1. The Morgan fingerprint density at radius 1 is 0.947 bits per heavy atom. The number of aryl methyl sites for hydroxylation is 1. The summed E-state index contributed by atoms with van der Waals surface area (Å²) in [5, 5.41) is 0. The largest absolute Gasteiger partial charge is 0.320 e. The van der Waals surface area contributed by atoms with Crippen LogP contribution < -0.4 is 5.73 Å². The molecule has 2 N–H and O–H groups in total. The van der Waals surface area contributed by atoms with Crippen molar-refractivity contribution in [3.8, 4) is 0 Å². The van der Waals surface area contributed by atoms with Crippen LogP contribution in [0.4, 0.5) is 13.2 Å². The van der Waals surface area contributed by atoms with Gasteiger partial charge in [-0.05, 0) is 30.7 Å². The SMILES string of the molecule is Cc1cc(C(N)c2ccc(Br)cc2F)c(F)cc1F. The Morgan fingerprint density at radius 3 is 2.21 bits per heavy atom. The third-order valence-electron chi connectivity index (χ3n) is 2.91. The van der Waals surface area contributed by atoms with Gasteiger partial charge < -0.3 is 5.73 Å². The van der Waals surface area contributed by atoms with Crippen LogP contribution in [0.25, 0.3) is 0 Å². The molecule has 0 bridgehead atoms. The maximum Gasteiger partial charge on any atom is 0.131 e. The average Bonchev–Trinajstić information content (AvgIpc) is 2.33. The second-order valence-electron chi connectivity index (χ2n) is 4.27. The lowest BCUT2D eigenvalue weighted by molar-refractivity contribution is 0.553. The first-order valence-electron chi connectivity index (χ1n) is 5.56. The maximum atomic E-state index is 13.8. The van der Waals surface area contributed by atoms with Gasteiger partial charge in [0.25, 0.3) is 0 Å². The van der Waals surface area contributed by atoms with Gasteiger partial charge in [-0.2, -0.15) is 0 Å². The summed E-state index contributed by atoms with van der Waals surface area (Å²) in [6, 6.07) is 5.43. The molecule has 0 saturated carbocycles. The first-order valence-corrected chi connectivity index (χ1v) is 6.35. The fraction of sp³-hybridized carbons (Fsp3) is 0.143. The van der Waals surface area contributed by atoms with Crippen LogP contribution in [0, 0.1) is 24.4 Å². The van der Waals surface area contributed by atoms with Crippen LogP contribution in [0.5, 0.6) is 0 Å². The van der Waals surface area contributed by atoms with Crippen LogP contribution in [0.1, 0.15) is 22.7 Å². The van der Waals surface area contributed by atoms with E-state index < -0.39 is 23.5 Å². The maximum absolute atomic E-state index is 13.8. The summed E-state index contributed by atoms with van der Waals surface area (Å²) in [4.78, 5) is 0. The predicted octanol–water partition coefficient (Wildman–Crippen LogP) is 4.22. The van der Waals surface area contributed by atoms with Crippen molar-refractivity contribution in [3.05, 3.63) is 68.9 Å². The minimum Gasteiger partial charge on any atom is -0.320 e. The van der Waals surface area contributed by atoms with Gasteiger partial charge in [-0.3, -0.25) is 0 Å². The number of rotatable bonds is 2. The van der Waals surface area contributed by atoms with Crippen molar-refractivity contribution in [1.82, 2.24) is 0 Å². The highest BCUT2D eigenvalue weighted by atomic mass is 79.9. The molecule has 0 aromatic heterocycles. The lowest BCUT2D eigenvalue weighted by Crippen LogP contribution is -2.16. The molecule has 1 atom stereocenters. The van der Waals surface area contributed by atoms with Crippen molar-refractivity contribution >= 4 is 15.9 Å². The molecule has 2 aromatic carbocycles. The molecule has 0 radical (unpaired) electrons.